The van der Waals surface area contributed by atoms with E-state index in [1.165, 1.54) is 5.69 Å². The quantitative estimate of drug-likeness (QED) is 0.912. The van der Waals surface area contributed by atoms with Crippen LogP contribution in [0.3, 0.4) is 0 Å². The summed E-state index contributed by atoms with van der Waals surface area (Å²) in [5, 5.41) is 3.25. The van der Waals surface area contributed by atoms with E-state index in [4.69, 9.17) is 9.72 Å². The third-order valence-electron chi connectivity index (χ3n) is 4.19. The molecular formula is C16H24N4O. The fraction of sp³-hybridized carbons (Fsp3) is 0.562. The van der Waals surface area contributed by atoms with Crippen LogP contribution >= 0.6 is 0 Å². The molecule has 1 N–H and O–H groups in total. The van der Waals surface area contributed by atoms with Crippen LogP contribution in [0.4, 0.5) is 5.82 Å². The normalized spacial score (nSPS) is 16.5. The van der Waals surface area contributed by atoms with Crippen molar-refractivity contribution in [3.63, 3.8) is 0 Å². The molecule has 1 aliphatic rings. The summed E-state index contributed by atoms with van der Waals surface area (Å²) in [4.78, 5) is 7.12. The first-order valence-corrected chi connectivity index (χ1v) is 7.69. The van der Waals surface area contributed by atoms with Crippen LogP contribution in [-0.2, 0) is 11.3 Å². The molecule has 1 saturated heterocycles. The van der Waals surface area contributed by atoms with Gasteiger partial charge in [-0.1, -0.05) is 6.07 Å². The van der Waals surface area contributed by atoms with Gasteiger partial charge in [0.1, 0.15) is 5.65 Å². The maximum atomic E-state index is 5.45. The van der Waals surface area contributed by atoms with Crippen LogP contribution in [0.2, 0.25) is 0 Å². The highest BCUT2D eigenvalue weighted by molar-refractivity contribution is 5.55. The molecule has 0 unspecified atom stereocenters. The average molecular weight is 288 g/mol. The topological polar surface area (TPSA) is 41.8 Å². The van der Waals surface area contributed by atoms with Gasteiger partial charge in [0.25, 0.3) is 0 Å². The van der Waals surface area contributed by atoms with Crippen LogP contribution < -0.4 is 10.2 Å². The van der Waals surface area contributed by atoms with E-state index >= 15 is 0 Å². The van der Waals surface area contributed by atoms with Crippen LogP contribution in [0.25, 0.3) is 5.65 Å². The van der Waals surface area contributed by atoms with E-state index in [-0.39, 0.29) is 0 Å². The van der Waals surface area contributed by atoms with Gasteiger partial charge in [-0.05, 0) is 37.9 Å². The van der Waals surface area contributed by atoms with Crippen molar-refractivity contribution < 1.29 is 4.74 Å². The van der Waals surface area contributed by atoms with Gasteiger partial charge in [-0.25, -0.2) is 4.98 Å². The van der Waals surface area contributed by atoms with Crippen molar-refractivity contribution in [3.8, 4) is 0 Å². The van der Waals surface area contributed by atoms with Gasteiger partial charge in [-0.2, -0.15) is 0 Å². The number of aromatic nitrogens is 2. The van der Waals surface area contributed by atoms with Crippen LogP contribution in [0, 0.1) is 5.92 Å². The van der Waals surface area contributed by atoms with Crippen molar-refractivity contribution in [2.45, 2.75) is 19.4 Å². The first-order valence-electron chi connectivity index (χ1n) is 7.69. The number of hydrogen-bond donors (Lipinski definition) is 1. The number of hydrogen-bond acceptors (Lipinski definition) is 4. The van der Waals surface area contributed by atoms with Gasteiger partial charge in [0.15, 0.2) is 5.82 Å². The SMILES string of the molecule is CNCc1c(N(C)CC2CCOCC2)nc2ccccn12. The molecule has 3 heterocycles. The van der Waals surface area contributed by atoms with Gasteiger partial charge in [-0.3, -0.25) is 0 Å². The number of rotatable bonds is 5. The highest BCUT2D eigenvalue weighted by Crippen LogP contribution is 2.24. The van der Waals surface area contributed by atoms with E-state index in [1.54, 1.807) is 0 Å². The second-order valence-corrected chi connectivity index (χ2v) is 5.78. The minimum atomic E-state index is 0.705. The summed E-state index contributed by atoms with van der Waals surface area (Å²) >= 11 is 0. The minimum absolute atomic E-state index is 0.705. The number of pyridine rings is 1. The zero-order chi connectivity index (χ0) is 14.7. The number of anilines is 1. The summed E-state index contributed by atoms with van der Waals surface area (Å²) < 4.78 is 7.62. The van der Waals surface area contributed by atoms with E-state index in [2.05, 4.69) is 40.0 Å². The minimum Gasteiger partial charge on any atom is -0.381 e. The first-order chi connectivity index (χ1) is 10.3. The zero-order valence-corrected chi connectivity index (χ0v) is 12.9. The Morgan fingerprint density at radius 1 is 1.38 bits per heavy atom. The molecule has 0 aliphatic carbocycles. The highest BCUT2D eigenvalue weighted by atomic mass is 16.5. The van der Waals surface area contributed by atoms with Crippen molar-refractivity contribution in [1.29, 1.82) is 0 Å². The predicted molar refractivity (Wildman–Crippen MR) is 84.8 cm³/mol. The molecule has 0 atom stereocenters. The van der Waals surface area contributed by atoms with Crippen LogP contribution in [0.5, 0.6) is 0 Å². The summed E-state index contributed by atoms with van der Waals surface area (Å²) in [6, 6.07) is 6.15. The lowest BCUT2D eigenvalue weighted by Gasteiger charge is -2.27. The van der Waals surface area contributed by atoms with Crippen molar-refractivity contribution >= 4 is 11.5 Å². The molecule has 0 spiro atoms. The molecule has 0 bridgehead atoms. The van der Waals surface area contributed by atoms with Crippen molar-refractivity contribution in [3.05, 3.63) is 30.1 Å². The van der Waals surface area contributed by atoms with Gasteiger partial charge in [0.2, 0.25) is 0 Å². The monoisotopic (exact) mass is 288 g/mol. The van der Waals surface area contributed by atoms with Gasteiger partial charge in [0, 0.05) is 39.5 Å². The van der Waals surface area contributed by atoms with Crippen molar-refractivity contribution in [2.75, 3.05) is 38.8 Å². The van der Waals surface area contributed by atoms with E-state index < -0.39 is 0 Å². The molecule has 0 aromatic carbocycles. The fourth-order valence-corrected chi connectivity index (χ4v) is 3.07. The second kappa shape index (κ2) is 6.45. The maximum Gasteiger partial charge on any atom is 0.152 e. The van der Waals surface area contributed by atoms with Gasteiger partial charge in [0.05, 0.1) is 5.69 Å². The maximum absolute atomic E-state index is 5.45. The summed E-state index contributed by atoms with van der Waals surface area (Å²) in [7, 11) is 4.13. The summed E-state index contributed by atoms with van der Waals surface area (Å²) in [6.07, 6.45) is 4.39. The molecule has 0 amide bonds. The molecule has 3 rings (SSSR count). The largest absolute Gasteiger partial charge is 0.381 e. The van der Waals surface area contributed by atoms with Crippen LogP contribution in [0.1, 0.15) is 18.5 Å². The standard InChI is InChI=1S/C16H24N4O/c1-17-11-14-16(18-15-5-3-4-8-20(14)15)19(2)12-13-6-9-21-10-7-13/h3-5,8,13,17H,6-7,9-12H2,1-2H3. The van der Waals surface area contributed by atoms with E-state index in [0.29, 0.717) is 5.92 Å². The summed E-state index contributed by atoms with van der Waals surface area (Å²) in [5.41, 5.74) is 2.24. The molecule has 5 nitrogen and oxygen atoms in total. The van der Waals surface area contributed by atoms with Crippen molar-refractivity contribution in [2.24, 2.45) is 5.92 Å². The molecule has 114 valence electrons. The second-order valence-electron chi connectivity index (χ2n) is 5.78. The Labute approximate surface area is 125 Å². The Hall–Kier alpha value is -1.59. The molecule has 1 aliphatic heterocycles. The molecule has 2 aromatic heterocycles. The average Bonchev–Trinajstić information content (AvgIpc) is 2.88. The Morgan fingerprint density at radius 3 is 2.95 bits per heavy atom. The zero-order valence-electron chi connectivity index (χ0n) is 12.9. The number of imidazole rings is 1. The number of fused-ring (bicyclic) bond motifs is 1. The lowest BCUT2D eigenvalue weighted by molar-refractivity contribution is 0.0685. The Kier molecular flexibility index (Phi) is 4.41. The van der Waals surface area contributed by atoms with Crippen LogP contribution in [-0.4, -0.2) is 43.2 Å². The third kappa shape index (κ3) is 3.04. The third-order valence-corrected chi connectivity index (χ3v) is 4.19. The summed E-state index contributed by atoms with van der Waals surface area (Å²) in [6.45, 7) is 3.66. The Balaban J connectivity index is 1.85. The van der Waals surface area contributed by atoms with E-state index in [9.17, 15) is 0 Å². The lowest BCUT2D eigenvalue weighted by atomic mass is 10.00. The molecule has 2 aromatic rings. The lowest BCUT2D eigenvalue weighted by Crippen LogP contribution is -2.30. The Morgan fingerprint density at radius 2 is 2.19 bits per heavy atom. The number of ether oxygens (including phenoxy) is 1. The molecule has 0 saturated carbocycles. The number of nitrogens with one attached hydrogen (secondary N) is 1. The molecule has 0 radical (unpaired) electrons. The smallest absolute Gasteiger partial charge is 0.152 e. The van der Waals surface area contributed by atoms with Gasteiger partial charge >= 0.3 is 0 Å². The fourth-order valence-electron chi connectivity index (χ4n) is 3.07. The van der Waals surface area contributed by atoms with E-state index in [1.807, 2.05) is 13.1 Å². The molecule has 5 heteroatoms. The van der Waals surface area contributed by atoms with Crippen LogP contribution in [0.15, 0.2) is 24.4 Å². The molecular weight excluding hydrogens is 264 g/mol. The Bertz CT molecular complexity index is 589. The number of nitrogens with zero attached hydrogens (tertiary/aromatic N) is 3. The highest BCUT2D eigenvalue weighted by Gasteiger charge is 2.20. The summed E-state index contributed by atoms with van der Waals surface area (Å²) in [5.74, 6) is 1.79. The molecule has 21 heavy (non-hydrogen) atoms. The van der Waals surface area contributed by atoms with E-state index in [0.717, 1.165) is 50.6 Å². The van der Waals surface area contributed by atoms with Crippen molar-refractivity contribution in [1.82, 2.24) is 14.7 Å². The van der Waals surface area contributed by atoms with Gasteiger partial charge < -0.3 is 19.4 Å². The predicted octanol–water partition coefficient (Wildman–Crippen LogP) is 1.92. The first kappa shape index (κ1) is 14.4. The molecule has 1 fully saturated rings. The van der Waals surface area contributed by atoms with Gasteiger partial charge in [-0.15, -0.1) is 0 Å².